The van der Waals surface area contributed by atoms with Crippen LogP contribution in [-0.4, -0.2) is 58.2 Å². The van der Waals surface area contributed by atoms with Gasteiger partial charge in [0.05, 0.1) is 29.5 Å². The number of hydrogen-bond acceptors (Lipinski definition) is 6. The number of aromatic nitrogens is 2. The number of thioether (sulfide) groups is 2. The SMILES string of the molecule is COCCn1c(SCC(=O)N2CCC(Cc3ccccc3)CC2)nc2c(c1=O)SC(C)C2. The first kappa shape index (κ1) is 23.4. The topological polar surface area (TPSA) is 64.4 Å². The number of ether oxygens (including phenoxy) is 1. The number of fused-ring (bicyclic) bond motifs is 1. The van der Waals surface area contributed by atoms with E-state index in [2.05, 4.69) is 31.2 Å². The van der Waals surface area contributed by atoms with E-state index < -0.39 is 0 Å². The molecule has 0 spiro atoms. The highest BCUT2D eigenvalue weighted by atomic mass is 32.2. The van der Waals surface area contributed by atoms with Crippen molar-refractivity contribution in [2.24, 2.45) is 5.92 Å². The van der Waals surface area contributed by atoms with Crippen LogP contribution in [0.5, 0.6) is 0 Å². The summed E-state index contributed by atoms with van der Waals surface area (Å²) in [4.78, 5) is 33.4. The molecule has 32 heavy (non-hydrogen) atoms. The number of methoxy groups -OCH3 is 1. The quantitative estimate of drug-likeness (QED) is 0.432. The lowest BCUT2D eigenvalue weighted by molar-refractivity contribution is -0.129. The van der Waals surface area contributed by atoms with E-state index in [1.54, 1.807) is 23.4 Å². The molecule has 2 aliphatic heterocycles. The number of carbonyl (C=O) groups is 1. The number of nitrogens with zero attached hydrogens (tertiary/aromatic N) is 3. The van der Waals surface area contributed by atoms with Gasteiger partial charge in [-0.3, -0.25) is 14.2 Å². The van der Waals surface area contributed by atoms with Crippen LogP contribution in [0.25, 0.3) is 0 Å². The summed E-state index contributed by atoms with van der Waals surface area (Å²) in [5.41, 5.74) is 2.24. The third-order valence-corrected chi connectivity index (χ3v) is 8.32. The molecule has 0 radical (unpaired) electrons. The van der Waals surface area contributed by atoms with Gasteiger partial charge in [-0.15, -0.1) is 11.8 Å². The lowest BCUT2D eigenvalue weighted by Gasteiger charge is -2.32. The van der Waals surface area contributed by atoms with Gasteiger partial charge in [0, 0.05) is 31.9 Å². The molecule has 0 bridgehead atoms. The molecule has 1 amide bonds. The van der Waals surface area contributed by atoms with Gasteiger partial charge in [-0.1, -0.05) is 49.0 Å². The summed E-state index contributed by atoms with van der Waals surface area (Å²) in [6.07, 6.45) is 3.96. The standard InChI is InChI=1S/C24H31N3O3S2/c1-17-14-20-22(32-17)23(29)27(12-13-30-2)24(25-20)31-16-21(28)26-10-8-19(9-11-26)15-18-6-4-3-5-7-18/h3-7,17,19H,8-16H2,1-2H3. The minimum Gasteiger partial charge on any atom is -0.383 e. The van der Waals surface area contributed by atoms with Crippen LogP contribution in [0.3, 0.4) is 0 Å². The maximum atomic E-state index is 13.0. The van der Waals surface area contributed by atoms with Crippen molar-refractivity contribution in [3.05, 3.63) is 51.9 Å². The molecule has 2 aromatic rings. The van der Waals surface area contributed by atoms with E-state index in [1.165, 1.54) is 17.3 Å². The number of benzene rings is 1. The molecule has 0 saturated carbocycles. The Kier molecular flexibility index (Phi) is 7.97. The highest BCUT2D eigenvalue weighted by Gasteiger charge is 2.27. The van der Waals surface area contributed by atoms with Gasteiger partial charge in [0.15, 0.2) is 5.16 Å². The molecule has 6 nitrogen and oxygen atoms in total. The molecule has 4 rings (SSSR count). The largest absolute Gasteiger partial charge is 0.383 e. The Morgan fingerprint density at radius 3 is 2.72 bits per heavy atom. The lowest BCUT2D eigenvalue weighted by atomic mass is 9.90. The molecular formula is C24H31N3O3S2. The van der Waals surface area contributed by atoms with Crippen molar-refractivity contribution in [1.82, 2.24) is 14.5 Å². The maximum Gasteiger partial charge on any atom is 0.268 e. The summed E-state index contributed by atoms with van der Waals surface area (Å²) in [7, 11) is 1.63. The Hall–Kier alpha value is -1.77. The van der Waals surface area contributed by atoms with Crippen LogP contribution in [0, 0.1) is 5.92 Å². The highest BCUT2D eigenvalue weighted by Crippen LogP contribution is 2.34. The Bertz CT molecular complexity index is 988. The normalized spacial score (nSPS) is 18.7. The second kappa shape index (κ2) is 10.9. The lowest BCUT2D eigenvalue weighted by Crippen LogP contribution is -2.40. The van der Waals surface area contributed by atoms with Crippen LogP contribution in [0.1, 0.15) is 31.0 Å². The number of piperidine rings is 1. The Labute approximate surface area is 198 Å². The smallest absolute Gasteiger partial charge is 0.268 e. The van der Waals surface area contributed by atoms with Crippen LogP contribution < -0.4 is 5.56 Å². The van der Waals surface area contributed by atoms with Gasteiger partial charge >= 0.3 is 0 Å². The molecule has 1 saturated heterocycles. The number of carbonyl (C=O) groups excluding carboxylic acids is 1. The van der Waals surface area contributed by atoms with Crippen molar-refractivity contribution in [1.29, 1.82) is 0 Å². The van der Waals surface area contributed by atoms with Crippen molar-refractivity contribution >= 4 is 29.4 Å². The average molecular weight is 474 g/mol. The second-order valence-corrected chi connectivity index (χ2v) is 10.9. The number of amides is 1. The molecule has 0 N–H and O–H groups in total. The van der Waals surface area contributed by atoms with Gasteiger partial charge < -0.3 is 9.64 Å². The Balaban J connectivity index is 1.35. The molecule has 0 aliphatic carbocycles. The summed E-state index contributed by atoms with van der Waals surface area (Å²) in [6, 6.07) is 10.6. The van der Waals surface area contributed by atoms with E-state index in [9.17, 15) is 9.59 Å². The zero-order valence-electron chi connectivity index (χ0n) is 18.8. The van der Waals surface area contributed by atoms with E-state index >= 15 is 0 Å². The van der Waals surface area contributed by atoms with E-state index in [1.807, 2.05) is 11.0 Å². The van der Waals surface area contributed by atoms with Crippen LogP contribution in [0.15, 0.2) is 45.2 Å². The molecule has 1 atom stereocenters. The molecule has 1 fully saturated rings. The van der Waals surface area contributed by atoms with E-state index in [4.69, 9.17) is 9.72 Å². The third kappa shape index (κ3) is 5.58. The van der Waals surface area contributed by atoms with Crippen LogP contribution in [0.4, 0.5) is 0 Å². The van der Waals surface area contributed by atoms with E-state index in [0.29, 0.717) is 35.2 Å². The number of likely N-dealkylation sites (tertiary alicyclic amines) is 1. The molecule has 1 unspecified atom stereocenters. The molecule has 172 valence electrons. The van der Waals surface area contributed by atoms with Gasteiger partial charge in [0.2, 0.25) is 5.91 Å². The number of rotatable bonds is 8. The molecule has 8 heteroatoms. The summed E-state index contributed by atoms with van der Waals surface area (Å²) >= 11 is 2.98. The Morgan fingerprint density at radius 1 is 1.25 bits per heavy atom. The van der Waals surface area contributed by atoms with Crippen molar-refractivity contribution in [3.8, 4) is 0 Å². The van der Waals surface area contributed by atoms with Crippen LogP contribution in [-0.2, 0) is 28.9 Å². The van der Waals surface area contributed by atoms with Crippen LogP contribution in [0.2, 0.25) is 0 Å². The van der Waals surface area contributed by atoms with E-state index in [0.717, 1.165) is 49.4 Å². The monoisotopic (exact) mass is 473 g/mol. The summed E-state index contributed by atoms with van der Waals surface area (Å²) < 4.78 is 6.87. The molecular weight excluding hydrogens is 442 g/mol. The molecule has 3 heterocycles. The van der Waals surface area contributed by atoms with Gasteiger partial charge in [-0.25, -0.2) is 4.98 Å². The molecule has 1 aromatic carbocycles. The van der Waals surface area contributed by atoms with E-state index in [-0.39, 0.29) is 11.5 Å². The second-order valence-electron chi connectivity index (χ2n) is 8.55. The van der Waals surface area contributed by atoms with Gasteiger partial charge in [0.1, 0.15) is 0 Å². The summed E-state index contributed by atoms with van der Waals surface area (Å²) in [5.74, 6) is 1.07. The zero-order valence-corrected chi connectivity index (χ0v) is 20.4. The third-order valence-electron chi connectivity index (χ3n) is 6.14. The Morgan fingerprint density at radius 2 is 2.00 bits per heavy atom. The zero-order chi connectivity index (χ0) is 22.5. The van der Waals surface area contributed by atoms with Gasteiger partial charge in [0.25, 0.3) is 5.56 Å². The van der Waals surface area contributed by atoms with Crippen molar-refractivity contribution < 1.29 is 9.53 Å². The first-order chi connectivity index (χ1) is 15.5. The van der Waals surface area contributed by atoms with Crippen molar-refractivity contribution in [2.45, 2.75) is 54.5 Å². The summed E-state index contributed by atoms with van der Waals surface area (Å²) in [5, 5.41) is 0.993. The van der Waals surface area contributed by atoms with Gasteiger partial charge in [-0.2, -0.15) is 0 Å². The average Bonchev–Trinajstić information content (AvgIpc) is 3.18. The first-order valence-electron chi connectivity index (χ1n) is 11.3. The minimum atomic E-state index is -0.00178. The molecule has 1 aromatic heterocycles. The van der Waals surface area contributed by atoms with Crippen molar-refractivity contribution in [2.75, 3.05) is 32.6 Å². The summed E-state index contributed by atoms with van der Waals surface area (Å²) in [6.45, 7) is 4.62. The predicted molar refractivity (Wildman–Crippen MR) is 130 cm³/mol. The fourth-order valence-corrected chi connectivity index (χ4v) is 6.43. The van der Waals surface area contributed by atoms with Crippen LogP contribution >= 0.6 is 23.5 Å². The maximum absolute atomic E-state index is 13.0. The predicted octanol–water partition coefficient (Wildman–Crippen LogP) is 3.50. The highest BCUT2D eigenvalue weighted by molar-refractivity contribution is 8.00. The fourth-order valence-electron chi connectivity index (χ4n) is 4.37. The van der Waals surface area contributed by atoms with Gasteiger partial charge in [-0.05, 0) is 30.7 Å². The fraction of sp³-hybridized carbons (Fsp3) is 0.542. The minimum absolute atomic E-state index is 0.00178. The van der Waals surface area contributed by atoms with Crippen molar-refractivity contribution in [3.63, 3.8) is 0 Å². The first-order valence-corrected chi connectivity index (χ1v) is 13.2. The molecule has 2 aliphatic rings. The number of hydrogen-bond donors (Lipinski definition) is 0.